The molecule has 1 saturated heterocycles. The highest BCUT2D eigenvalue weighted by atomic mass is 19.4. The number of nitrogens with zero attached hydrogens (tertiary/aromatic N) is 1. The maximum Gasteiger partial charge on any atom is 0.409 e. The Hall–Kier alpha value is -2.28. The van der Waals surface area contributed by atoms with E-state index in [1.165, 1.54) is 6.07 Å². The quantitative estimate of drug-likeness (QED) is 0.874. The summed E-state index contributed by atoms with van der Waals surface area (Å²) in [6, 6.07) is 7.98. The molecule has 1 amide bonds. The minimum atomic E-state index is -4.58. The fourth-order valence-electron chi connectivity index (χ4n) is 3.52. The molecule has 1 fully saturated rings. The number of hydrazine groups is 1. The molecule has 1 heterocycles. The Morgan fingerprint density at radius 3 is 2.42 bits per heavy atom. The third kappa shape index (κ3) is 3.23. The molecular formula is C19H21F3N2O2. The summed E-state index contributed by atoms with van der Waals surface area (Å²) >= 11 is 0. The Kier molecular flexibility index (Phi) is 4.60. The number of carbonyl (C=O) groups excluding carboxylic acids is 1. The number of ether oxygens (including phenoxy) is 1. The average Bonchev–Trinajstić information content (AvgIpc) is 2.79. The van der Waals surface area contributed by atoms with Gasteiger partial charge in [-0.1, -0.05) is 30.3 Å². The first kappa shape index (κ1) is 18.5. The molecule has 0 bridgehead atoms. The zero-order chi connectivity index (χ0) is 19.1. The molecule has 1 aliphatic heterocycles. The van der Waals surface area contributed by atoms with Crippen molar-refractivity contribution < 1.29 is 22.7 Å². The normalized spacial score (nSPS) is 18.8. The van der Waals surface area contributed by atoms with Crippen LogP contribution in [0.4, 0.5) is 13.2 Å². The summed E-state index contributed by atoms with van der Waals surface area (Å²) in [6.45, 7) is 5.37. The zero-order valence-corrected chi connectivity index (χ0v) is 14.9. The van der Waals surface area contributed by atoms with E-state index in [-0.39, 0.29) is 12.0 Å². The lowest BCUT2D eigenvalue weighted by molar-refractivity contribution is -0.203. The van der Waals surface area contributed by atoms with Crippen molar-refractivity contribution >= 4 is 16.7 Å². The Labute approximate surface area is 149 Å². The highest BCUT2D eigenvalue weighted by Crippen LogP contribution is 2.46. The molecule has 0 radical (unpaired) electrons. The minimum absolute atomic E-state index is 0.00264. The zero-order valence-electron chi connectivity index (χ0n) is 14.9. The molecule has 1 N–H and O–H groups in total. The predicted molar refractivity (Wildman–Crippen MR) is 92.6 cm³/mol. The van der Waals surface area contributed by atoms with Crippen molar-refractivity contribution in [2.45, 2.75) is 44.9 Å². The lowest BCUT2D eigenvalue weighted by Crippen LogP contribution is -2.51. The molecule has 2 aromatic rings. The van der Waals surface area contributed by atoms with E-state index in [4.69, 9.17) is 4.74 Å². The van der Waals surface area contributed by atoms with E-state index in [1.807, 2.05) is 0 Å². The number of alkyl halides is 3. The molecular weight excluding hydrogens is 345 g/mol. The summed E-state index contributed by atoms with van der Waals surface area (Å²) in [4.78, 5) is 11.8. The molecule has 2 aromatic carbocycles. The van der Waals surface area contributed by atoms with Gasteiger partial charge < -0.3 is 4.74 Å². The van der Waals surface area contributed by atoms with Crippen LogP contribution in [0.1, 0.15) is 38.8 Å². The second-order valence-electron chi connectivity index (χ2n) is 6.97. The lowest BCUT2D eigenvalue weighted by Gasteiger charge is -2.38. The third-order valence-electron chi connectivity index (χ3n) is 4.55. The highest BCUT2D eigenvalue weighted by Gasteiger charge is 2.53. The predicted octanol–water partition coefficient (Wildman–Crippen LogP) is 4.36. The van der Waals surface area contributed by atoms with Crippen LogP contribution in [0.25, 0.3) is 10.8 Å². The number of nitrogens with one attached hydrogen (secondary N) is 1. The number of amides is 1. The van der Waals surface area contributed by atoms with Crippen LogP contribution in [0.2, 0.25) is 0 Å². The van der Waals surface area contributed by atoms with E-state index in [0.29, 0.717) is 23.1 Å². The number of hydrogen-bond acceptors (Lipinski definition) is 3. The van der Waals surface area contributed by atoms with Crippen LogP contribution < -0.4 is 10.2 Å². The monoisotopic (exact) mass is 366 g/mol. The average molecular weight is 366 g/mol. The second kappa shape index (κ2) is 6.46. The van der Waals surface area contributed by atoms with Crippen molar-refractivity contribution in [2.75, 3.05) is 6.61 Å². The molecule has 26 heavy (non-hydrogen) atoms. The summed E-state index contributed by atoms with van der Waals surface area (Å²) in [7, 11) is 0. The van der Waals surface area contributed by atoms with Gasteiger partial charge in [-0.25, -0.2) is 0 Å². The van der Waals surface area contributed by atoms with Gasteiger partial charge >= 0.3 is 6.18 Å². The fourth-order valence-corrected chi connectivity index (χ4v) is 3.52. The van der Waals surface area contributed by atoms with Crippen molar-refractivity contribution in [1.29, 1.82) is 0 Å². The molecule has 0 unspecified atom stereocenters. The van der Waals surface area contributed by atoms with E-state index in [0.717, 1.165) is 5.01 Å². The smallest absolute Gasteiger partial charge is 0.409 e. The maximum atomic E-state index is 14.1. The summed E-state index contributed by atoms with van der Waals surface area (Å²) < 4.78 is 48.0. The van der Waals surface area contributed by atoms with Gasteiger partial charge in [-0.3, -0.25) is 10.2 Å². The van der Waals surface area contributed by atoms with Gasteiger partial charge in [0, 0.05) is 17.3 Å². The van der Waals surface area contributed by atoms with Gasteiger partial charge in [0.15, 0.2) is 6.04 Å². The summed E-state index contributed by atoms with van der Waals surface area (Å²) in [5, 5.41) is 2.09. The van der Waals surface area contributed by atoms with Gasteiger partial charge in [0.1, 0.15) is 5.75 Å². The number of fused-ring (bicyclic) bond motifs is 1. The highest BCUT2D eigenvalue weighted by molar-refractivity contribution is 5.92. The molecule has 140 valence electrons. The fraction of sp³-hybridized carbons (Fsp3) is 0.421. The van der Waals surface area contributed by atoms with Crippen LogP contribution in [0, 0.1) is 0 Å². The number of carbonyl (C=O) groups is 1. The first-order valence-corrected chi connectivity index (χ1v) is 8.45. The molecule has 1 aliphatic rings. The van der Waals surface area contributed by atoms with Crippen LogP contribution >= 0.6 is 0 Å². The van der Waals surface area contributed by atoms with Gasteiger partial charge in [0.2, 0.25) is 5.91 Å². The Bertz CT molecular complexity index is 828. The number of benzene rings is 2. The van der Waals surface area contributed by atoms with E-state index >= 15 is 0 Å². The van der Waals surface area contributed by atoms with Gasteiger partial charge in [0.25, 0.3) is 0 Å². The molecule has 4 nitrogen and oxygen atoms in total. The maximum absolute atomic E-state index is 14.1. The molecule has 7 heteroatoms. The minimum Gasteiger partial charge on any atom is -0.493 e. The largest absolute Gasteiger partial charge is 0.493 e. The second-order valence-corrected chi connectivity index (χ2v) is 6.97. The topological polar surface area (TPSA) is 41.6 Å². The van der Waals surface area contributed by atoms with Gasteiger partial charge in [-0.15, -0.1) is 0 Å². The van der Waals surface area contributed by atoms with Crippen molar-refractivity contribution in [3.05, 3.63) is 42.0 Å². The first-order chi connectivity index (χ1) is 12.1. The Morgan fingerprint density at radius 1 is 1.23 bits per heavy atom. The summed E-state index contributed by atoms with van der Waals surface area (Å²) in [5.41, 5.74) is 1.49. The number of hydrogen-bond donors (Lipinski definition) is 1. The van der Waals surface area contributed by atoms with Crippen LogP contribution in [-0.2, 0) is 4.79 Å². The molecule has 0 aliphatic carbocycles. The Balaban J connectivity index is 2.25. The first-order valence-electron chi connectivity index (χ1n) is 8.45. The van der Waals surface area contributed by atoms with E-state index in [2.05, 4.69) is 5.43 Å². The van der Waals surface area contributed by atoms with Crippen LogP contribution in [0.5, 0.6) is 5.75 Å². The van der Waals surface area contributed by atoms with Crippen LogP contribution in [0.15, 0.2) is 36.4 Å². The van der Waals surface area contributed by atoms with Gasteiger partial charge in [-0.05, 0) is 37.8 Å². The van der Waals surface area contributed by atoms with Gasteiger partial charge in [-0.2, -0.15) is 18.2 Å². The summed E-state index contributed by atoms with van der Waals surface area (Å²) in [6.07, 6.45) is -4.58. The van der Waals surface area contributed by atoms with Crippen LogP contribution in [-0.4, -0.2) is 29.2 Å². The summed E-state index contributed by atoms with van der Waals surface area (Å²) in [5.74, 6) is -0.0207. The molecule has 0 aromatic heterocycles. The van der Waals surface area contributed by atoms with E-state index in [1.54, 1.807) is 51.1 Å². The molecule has 1 atom stereocenters. The SMILES string of the molecule is CCOc1cccc2cccc([C@H](N3NC(=O)CC3(C)C)C(F)(F)F)c12. The molecule has 3 rings (SSSR count). The Morgan fingerprint density at radius 2 is 1.88 bits per heavy atom. The van der Waals surface area contributed by atoms with Crippen molar-refractivity contribution in [2.24, 2.45) is 0 Å². The lowest BCUT2D eigenvalue weighted by atomic mass is 9.93. The number of halogens is 3. The van der Waals surface area contributed by atoms with E-state index < -0.39 is 23.7 Å². The van der Waals surface area contributed by atoms with Gasteiger partial charge in [0.05, 0.1) is 6.61 Å². The molecule has 0 spiro atoms. The molecule has 0 saturated carbocycles. The standard InChI is InChI=1S/C19H21F3N2O2/c1-4-26-14-10-6-8-12-7-5-9-13(16(12)14)17(19(20,21)22)24-18(2,3)11-15(25)23-24/h5-10,17H,4,11H2,1-3H3,(H,23,25)/t17-/m0/s1. The van der Waals surface area contributed by atoms with E-state index in [9.17, 15) is 18.0 Å². The van der Waals surface area contributed by atoms with Crippen molar-refractivity contribution in [3.8, 4) is 5.75 Å². The number of rotatable bonds is 4. The van der Waals surface area contributed by atoms with Crippen molar-refractivity contribution in [3.63, 3.8) is 0 Å². The van der Waals surface area contributed by atoms with Crippen molar-refractivity contribution in [1.82, 2.24) is 10.4 Å². The third-order valence-corrected chi connectivity index (χ3v) is 4.55. The van der Waals surface area contributed by atoms with Crippen LogP contribution in [0.3, 0.4) is 0 Å².